The third kappa shape index (κ3) is 8.21. The van der Waals surface area contributed by atoms with Gasteiger partial charge in [0, 0.05) is 39.7 Å². The van der Waals surface area contributed by atoms with Crippen molar-refractivity contribution in [3.05, 3.63) is 0 Å². The van der Waals surface area contributed by atoms with Gasteiger partial charge in [-0.1, -0.05) is 12.8 Å². The van der Waals surface area contributed by atoms with E-state index in [1.807, 2.05) is 7.05 Å². The summed E-state index contributed by atoms with van der Waals surface area (Å²) in [7, 11) is 3.28. The molecule has 1 saturated heterocycles. The number of hydrogen-bond donors (Lipinski definition) is 1. The highest BCUT2D eigenvalue weighted by molar-refractivity contribution is 5.79. The van der Waals surface area contributed by atoms with E-state index in [1.165, 1.54) is 7.11 Å². The topological polar surface area (TPSA) is 63.2 Å². The molecule has 0 saturated carbocycles. The fraction of sp³-hybridized carbons (Fsp3) is 0.882. The molecule has 0 aromatic heterocycles. The van der Waals surface area contributed by atoms with Crippen LogP contribution in [0.4, 0.5) is 0 Å². The third-order valence-electron chi connectivity index (χ3n) is 4.17. The number of nitrogens with zero attached hydrogens (tertiary/aromatic N) is 2. The molecule has 1 heterocycles. The van der Waals surface area contributed by atoms with Crippen molar-refractivity contribution >= 4 is 11.9 Å². The molecule has 6 heteroatoms. The highest BCUT2D eigenvalue weighted by Crippen LogP contribution is 2.13. The molecule has 0 aromatic rings. The number of rotatable bonds is 9. The number of methoxy groups -OCH3 is 1. The van der Waals surface area contributed by atoms with Crippen LogP contribution in [-0.2, 0) is 14.3 Å². The highest BCUT2D eigenvalue weighted by atomic mass is 16.5. The molecule has 0 atom stereocenters. The monoisotopic (exact) mass is 327 g/mol. The number of ether oxygens (including phenoxy) is 2. The van der Waals surface area contributed by atoms with Crippen LogP contribution in [0.15, 0.2) is 4.99 Å². The minimum absolute atomic E-state index is 0.112. The smallest absolute Gasteiger partial charge is 0.305 e. The molecule has 1 fully saturated rings. The summed E-state index contributed by atoms with van der Waals surface area (Å²) in [5, 5.41) is 3.44. The van der Waals surface area contributed by atoms with E-state index in [0.29, 0.717) is 12.5 Å². The van der Waals surface area contributed by atoms with E-state index in [9.17, 15) is 4.79 Å². The zero-order valence-electron chi connectivity index (χ0n) is 15.0. The lowest BCUT2D eigenvalue weighted by Gasteiger charge is -2.34. The average molecular weight is 327 g/mol. The molecule has 1 aliphatic rings. The van der Waals surface area contributed by atoms with E-state index in [-0.39, 0.29) is 5.97 Å². The second-order valence-corrected chi connectivity index (χ2v) is 5.86. The molecule has 23 heavy (non-hydrogen) atoms. The SMILES string of the molecule is CCOC1CCN(C(=NC)NCCCCCCC(=O)OC)CC1. The predicted octanol–water partition coefficient (Wildman–Crippen LogP) is 2.19. The largest absolute Gasteiger partial charge is 0.469 e. The number of carbonyl (C=O) groups excluding carboxylic acids is 1. The molecular formula is C17H33N3O3. The Morgan fingerprint density at radius 3 is 2.52 bits per heavy atom. The molecule has 0 bridgehead atoms. The summed E-state index contributed by atoms with van der Waals surface area (Å²) in [5.74, 6) is 0.883. The zero-order valence-corrected chi connectivity index (χ0v) is 15.0. The molecule has 1 N–H and O–H groups in total. The van der Waals surface area contributed by atoms with Crippen LogP contribution < -0.4 is 5.32 Å². The standard InChI is InChI=1S/C17H33N3O3/c1-4-23-15-10-13-20(14-11-15)17(18-2)19-12-8-6-5-7-9-16(21)22-3/h15H,4-14H2,1-3H3,(H,18,19). The normalized spacial score (nSPS) is 16.5. The number of likely N-dealkylation sites (tertiary alicyclic amines) is 1. The lowest BCUT2D eigenvalue weighted by Crippen LogP contribution is -2.47. The Labute approximate surface area is 140 Å². The van der Waals surface area contributed by atoms with Crippen LogP contribution in [0.1, 0.15) is 51.9 Å². The molecule has 6 nitrogen and oxygen atoms in total. The number of hydrogen-bond acceptors (Lipinski definition) is 4. The molecule has 0 amide bonds. The van der Waals surface area contributed by atoms with Gasteiger partial charge in [-0.2, -0.15) is 0 Å². The highest BCUT2D eigenvalue weighted by Gasteiger charge is 2.21. The van der Waals surface area contributed by atoms with Crippen molar-refractivity contribution in [1.82, 2.24) is 10.2 Å². The summed E-state index contributed by atoms with van der Waals surface area (Å²) in [4.78, 5) is 17.7. The Balaban J connectivity index is 2.10. The number of unbranched alkanes of at least 4 members (excludes halogenated alkanes) is 3. The number of guanidine groups is 1. The van der Waals surface area contributed by atoms with Gasteiger partial charge in [-0.25, -0.2) is 0 Å². The maximum Gasteiger partial charge on any atom is 0.305 e. The van der Waals surface area contributed by atoms with Gasteiger partial charge in [0.15, 0.2) is 5.96 Å². The Kier molecular flexibility index (Phi) is 10.4. The van der Waals surface area contributed by atoms with Crippen molar-refractivity contribution in [3.8, 4) is 0 Å². The van der Waals surface area contributed by atoms with Gasteiger partial charge >= 0.3 is 5.97 Å². The molecule has 0 spiro atoms. The fourth-order valence-corrected chi connectivity index (χ4v) is 2.85. The Hall–Kier alpha value is -1.30. The van der Waals surface area contributed by atoms with Crippen molar-refractivity contribution in [3.63, 3.8) is 0 Å². The van der Waals surface area contributed by atoms with Crippen molar-refractivity contribution in [2.45, 2.75) is 58.0 Å². The molecule has 1 rings (SSSR count). The minimum atomic E-state index is -0.112. The summed E-state index contributed by atoms with van der Waals surface area (Å²) in [6.45, 7) is 5.79. The van der Waals surface area contributed by atoms with Crippen LogP contribution in [0, 0.1) is 0 Å². The van der Waals surface area contributed by atoms with Crippen LogP contribution in [0.25, 0.3) is 0 Å². The minimum Gasteiger partial charge on any atom is -0.469 e. The van der Waals surface area contributed by atoms with E-state index < -0.39 is 0 Å². The first kappa shape index (κ1) is 19.7. The van der Waals surface area contributed by atoms with Gasteiger partial charge in [-0.05, 0) is 32.6 Å². The number of aliphatic imine (C=N–C) groups is 1. The number of esters is 1. The fourth-order valence-electron chi connectivity index (χ4n) is 2.85. The van der Waals surface area contributed by atoms with Crippen molar-refractivity contribution < 1.29 is 14.3 Å². The van der Waals surface area contributed by atoms with Crippen molar-refractivity contribution in [1.29, 1.82) is 0 Å². The average Bonchev–Trinajstić information content (AvgIpc) is 2.58. The first-order chi connectivity index (χ1) is 11.2. The zero-order chi connectivity index (χ0) is 16.9. The van der Waals surface area contributed by atoms with Crippen LogP contribution >= 0.6 is 0 Å². The van der Waals surface area contributed by atoms with Gasteiger partial charge in [0.2, 0.25) is 0 Å². The van der Waals surface area contributed by atoms with Crippen LogP contribution in [0.3, 0.4) is 0 Å². The maximum absolute atomic E-state index is 11.0. The summed E-state index contributed by atoms with van der Waals surface area (Å²) in [6, 6.07) is 0. The molecule has 0 radical (unpaired) electrons. The maximum atomic E-state index is 11.0. The first-order valence-corrected chi connectivity index (χ1v) is 8.85. The van der Waals surface area contributed by atoms with Gasteiger partial charge in [0.1, 0.15) is 0 Å². The van der Waals surface area contributed by atoms with Gasteiger partial charge in [0.05, 0.1) is 13.2 Å². The first-order valence-electron chi connectivity index (χ1n) is 8.85. The Bertz CT molecular complexity index is 353. The molecular weight excluding hydrogens is 294 g/mol. The Morgan fingerprint density at radius 1 is 1.22 bits per heavy atom. The number of nitrogens with one attached hydrogen (secondary N) is 1. The van der Waals surface area contributed by atoms with Crippen LogP contribution in [0.2, 0.25) is 0 Å². The molecule has 0 aromatic carbocycles. The van der Waals surface area contributed by atoms with Crippen molar-refractivity contribution in [2.24, 2.45) is 4.99 Å². The van der Waals surface area contributed by atoms with E-state index in [0.717, 1.165) is 70.7 Å². The summed E-state index contributed by atoms with van der Waals surface area (Å²) in [6.07, 6.45) is 7.26. The van der Waals surface area contributed by atoms with E-state index >= 15 is 0 Å². The van der Waals surface area contributed by atoms with Gasteiger partial charge < -0.3 is 19.7 Å². The number of piperidine rings is 1. The molecule has 0 aliphatic carbocycles. The van der Waals surface area contributed by atoms with Crippen LogP contribution in [-0.4, -0.2) is 63.3 Å². The quantitative estimate of drug-likeness (QED) is 0.304. The predicted molar refractivity (Wildman–Crippen MR) is 92.7 cm³/mol. The second-order valence-electron chi connectivity index (χ2n) is 5.86. The summed E-state index contributed by atoms with van der Waals surface area (Å²) in [5.41, 5.74) is 0. The lowest BCUT2D eigenvalue weighted by molar-refractivity contribution is -0.140. The van der Waals surface area contributed by atoms with E-state index in [2.05, 4.69) is 26.9 Å². The Morgan fingerprint density at radius 2 is 1.91 bits per heavy atom. The van der Waals surface area contributed by atoms with Gasteiger partial charge in [-0.15, -0.1) is 0 Å². The number of carbonyl (C=O) groups is 1. The van der Waals surface area contributed by atoms with E-state index in [1.54, 1.807) is 0 Å². The van der Waals surface area contributed by atoms with Gasteiger partial charge in [-0.3, -0.25) is 9.79 Å². The van der Waals surface area contributed by atoms with Gasteiger partial charge in [0.25, 0.3) is 0 Å². The third-order valence-corrected chi connectivity index (χ3v) is 4.17. The summed E-state index contributed by atoms with van der Waals surface area (Å²) < 4.78 is 10.3. The molecule has 1 aliphatic heterocycles. The summed E-state index contributed by atoms with van der Waals surface area (Å²) >= 11 is 0. The van der Waals surface area contributed by atoms with Crippen LogP contribution in [0.5, 0.6) is 0 Å². The lowest BCUT2D eigenvalue weighted by atomic mass is 10.1. The molecule has 0 unspecified atom stereocenters. The van der Waals surface area contributed by atoms with Crippen molar-refractivity contribution in [2.75, 3.05) is 40.4 Å². The second kappa shape index (κ2) is 12.2. The van der Waals surface area contributed by atoms with E-state index in [4.69, 9.17) is 4.74 Å². The molecule has 134 valence electrons.